The molecule has 1 aromatic rings. The summed E-state index contributed by atoms with van der Waals surface area (Å²) < 4.78 is 42.7. The summed E-state index contributed by atoms with van der Waals surface area (Å²) in [7, 11) is -3.33. The summed E-state index contributed by atoms with van der Waals surface area (Å²) in [6, 6.07) is 5.98. The summed E-state index contributed by atoms with van der Waals surface area (Å²) in [6.07, 6.45) is 1.22. The normalized spacial score (nSPS) is 12.7. The molecule has 0 radical (unpaired) electrons. The molecule has 0 aliphatic heterocycles. The van der Waals surface area contributed by atoms with Gasteiger partial charge in [-0.2, -0.15) is 0 Å². The third-order valence-electron chi connectivity index (χ3n) is 2.52. The largest absolute Gasteiger partial charge is 0.487 e. The van der Waals surface area contributed by atoms with Gasteiger partial charge in [-0.25, -0.2) is 12.8 Å². The van der Waals surface area contributed by atoms with Crippen LogP contribution in [0.1, 0.15) is 20.8 Å². The van der Waals surface area contributed by atoms with Gasteiger partial charge in [-0.3, -0.25) is 0 Å². The van der Waals surface area contributed by atoms with Crippen LogP contribution < -0.4 is 10.5 Å². The van der Waals surface area contributed by atoms with Crippen LogP contribution in [0.2, 0.25) is 0 Å². The first-order chi connectivity index (χ1) is 9.64. The van der Waals surface area contributed by atoms with Crippen molar-refractivity contribution in [3.05, 3.63) is 36.2 Å². The predicted molar refractivity (Wildman–Crippen MR) is 88.9 cm³/mol. The predicted octanol–water partition coefficient (Wildman–Crippen LogP) is 3.12. The molecule has 0 amide bonds. The average molecular weight is 352 g/mol. The van der Waals surface area contributed by atoms with Crippen molar-refractivity contribution in [3.63, 3.8) is 0 Å². The Balaban J connectivity index is 0.00000441. The van der Waals surface area contributed by atoms with Crippen molar-refractivity contribution in [2.24, 2.45) is 11.1 Å². The topological polar surface area (TPSA) is 69.4 Å². The fraction of sp³-hybridized carbons (Fsp3) is 0.467. The second-order valence-corrected chi connectivity index (χ2v) is 7.96. The molecule has 0 saturated heterocycles. The maximum Gasteiger partial charge on any atom is 0.178 e. The van der Waals surface area contributed by atoms with Gasteiger partial charge < -0.3 is 10.5 Å². The van der Waals surface area contributed by atoms with Gasteiger partial charge in [0.15, 0.2) is 9.84 Å². The van der Waals surface area contributed by atoms with Crippen LogP contribution in [-0.4, -0.2) is 27.3 Å². The quantitative estimate of drug-likeness (QED) is 0.854. The lowest BCUT2D eigenvalue weighted by molar-refractivity contribution is 0.318. The molecule has 22 heavy (non-hydrogen) atoms. The lowest BCUT2D eigenvalue weighted by Gasteiger charge is -2.18. The number of rotatable bonds is 6. The van der Waals surface area contributed by atoms with Crippen LogP contribution >= 0.6 is 12.4 Å². The van der Waals surface area contributed by atoms with Crippen LogP contribution in [0.5, 0.6) is 5.75 Å². The first-order valence-corrected chi connectivity index (χ1v) is 8.29. The smallest absolute Gasteiger partial charge is 0.178 e. The summed E-state index contributed by atoms with van der Waals surface area (Å²) in [5.41, 5.74) is 4.86. The average Bonchev–Trinajstić information content (AvgIpc) is 2.34. The number of benzene rings is 1. The molecule has 0 aliphatic carbocycles. The Morgan fingerprint density at radius 3 is 2.27 bits per heavy atom. The van der Waals surface area contributed by atoms with Gasteiger partial charge >= 0.3 is 0 Å². The third-order valence-corrected chi connectivity index (χ3v) is 4.76. The monoisotopic (exact) mass is 351 g/mol. The van der Waals surface area contributed by atoms with Crippen LogP contribution in [0.15, 0.2) is 41.1 Å². The van der Waals surface area contributed by atoms with Crippen LogP contribution in [0.25, 0.3) is 0 Å². The Morgan fingerprint density at radius 2 is 1.82 bits per heavy atom. The molecule has 0 aliphatic rings. The van der Waals surface area contributed by atoms with E-state index in [1.165, 1.54) is 30.3 Å². The zero-order valence-electron chi connectivity index (χ0n) is 13.0. The highest BCUT2D eigenvalue weighted by atomic mass is 35.5. The number of halogens is 2. The number of ether oxygens (including phenoxy) is 1. The molecule has 0 bridgehead atoms. The molecule has 126 valence electrons. The van der Waals surface area contributed by atoms with Crippen molar-refractivity contribution < 1.29 is 17.5 Å². The summed E-state index contributed by atoms with van der Waals surface area (Å²) in [5.74, 6) is 0.0147. The van der Waals surface area contributed by atoms with E-state index in [9.17, 15) is 12.8 Å². The molecular weight excluding hydrogens is 329 g/mol. The molecule has 0 atom stereocenters. The second-order valence-electron chi connectivity index (χ2n) is 5.97. The standard InChI is InChI=1S/C15H22FNO3S.ClH/c1-15(2,3)11-21(18,19)14-6-4-13(5-7-14)20-10-12(16)8-9-17;/h4-8H,9-11,17H2,1-3H3;1H/b12-8-;. The molecule has 0 heterocycles. The first-order valence-electron chi connectivity index (χ1n) is 6.64. The zero-order valence-corrected chi connectivity index (χ0v) is 14.6. The summed E-state index contributed by atoms with van der Waals surface area (Å²) in [5, 5.41) is 0. The van der Waals surface area contributed by atoms with E-state index < -0.39 is 15.7 Å². The Labute approximate surface area is 137 Å². The van der Waals surface area contributed by atoms with E-state index in [-0.39, 0.29) is 41.6 Å². The molecule has 7 heteroatoms. The van der Waals surface area contributed by atoms with Crippen LogP contribution in [-0.2, 0) is 9.84 Å². The van der Waals surface area contributed by atoms with Crippen molar-refractivity contribution in [2.45, 2.75) is 25.7 Å². The van der Waals surface area contributed by atoms with Gasteiger partial charge in [0.25, 0.3) is 0 Å². The molecule has 1 aromatic carbocycles. The maximum absolute atomic E-state index is 13.1. The zero-order chi connectivity index (χ0) is 16.1. The molecule has 0 spiro atoms. The Bertz CT molecular complexity index is 592. The van der Waals surface area contributed by atoms with Crippen molar-refractivity contribution in [1.29, 1.82) is 0 Å². The van der Waals surface area contributed by atoms with E-state index in [0.717, 1.165) is 0 Å². The van der Waals surface area contributed by atoms with E-state index in [4.69, 9.17) is 10.5 Å². The summed E-state index contributed by atoms with van der Waals surface area (Å²) >= 11 is 0. The lowest BCUT2D eigenvalue weighted by atomic mass is 10.0. The number of sulfone groups is 1. The van der Waals surface area contributed by atoms with E-state index in [0.29, 0.717) is 5.75 Å². The minimum absolute atomic E-state index is 0. The number of nitrogens with two attached hydrogens (primary N) is 1. The molecule has 0 fully saturated rings. The molecular formula is C15H23ClFNO3S. The summed E-state index contributed by atoms with van der Waals surface area (Å²) in [6.45, 7) is 5.50. The van der Waals surface area contributed by atoms with Gasteiger partial charge in [0, 0.05) is 6.54 Å². The maximum atomic E-state index is 13.1. The molecule has 2 N–H and O–H groups in total. The highest BCUT2D eigenvalue weighted by Gasteiger charge is 2.23. The Morgan fingerprint density at radius 1 is 1.27 bits per heavy atom. The van der Waals surface area contributed by atoms with Gasteiger partial charge in [0.05, 0.1) is 10.6 Å². The third kappa shape index (κ3) is 7.24. The molecule has 1 rings (SSSR count). The van der Waals surface area contributed by atoms with Crippen molar-refractivity contribution in [3.8, 4) is 5.75 Å². The van der Waals surface area contributed by atoms with Gasteiger partial charge in [0.2, 0.25) is 0 Å². The highest BCUT2D eigenvalue weighted by Crippen LogP contribution is 2.23. The van der Waals surface area contributed by atoms with Crippen LogP contribution in [0.4, 0.5) is 4.39 Å². The van der Waals surface area contributed by atoms with E-state index >= 15 is 0 Å². The van der Waals surface area contributed by atoms with Gasteiger partial charge in [0.1, 0.15) is 18.2 Å². The van der Waals surface area contributed by atoms with E-state index in [1.54, 1.807) is 0 Å². The minimum Gasteiger partial charge on any atom is -0.487 e. The van der Waals surface area contributed by atoms with Crippen molar-refractivity contribution in [2.75, 3.05) is 18.9 Å². The van der Waals surface area contributed by atoms with Gasteiger partial charge in [-0.05, 0) is 35.8 Å². The van der Waals surface area contributed by atoms with E-state index in [2.05, 4.69) is 0 Å². The Hall–Kier alpha value is -1.11. The molecule has 0 aromatic heterocycles. The number of hydrogen-bond donors (Lipinski definition) is 1. The van der Waals surface area contributed by atoms with Crippen LogP contribution in [0, 0.1) is 5.41 Å². The fourth-order valence-electron chi connectivity index (χ4n) is 1.74. The van der Waals surface area contributed by atoms with Gasteiger partial charge in [-0.15, -0.1) is 12.4 Å². The molecule has 0 unspecified atom stereocenters. The summed E-state index contributed by atoms with van der Waals surface area (Å²) in [4.78, 5) is 0.239. The van der Waals surface area contributed by atoms with Crippen LogP contribution in [0.3, 0.4) is 0 Å². The minimum atomic E-state index is -3.33. The SMILES string of the molecule is CC(C)(C)CS(=O)(=O)c1ccc(OC/C(F)=C/CN)cc1.Cl. The van der Waals surface area contributed by atoms with Crippen molar-refractivity contribution in [1.82, 2.24) is 0 Å². The lowest BCUT2D eigenvalue weighted by Crippen LogP contribution is -2.20. The van der Waals surface area contributed by atoms with Crippen molar-refractivity contribution >= 4 is 22.2 Å². The Kier molecular flexibility index (Phi) is 8.07. The van der Waals surface area contributed by atoms with E-state index in [1.807, 2.05) is 20.8 Å². The number of hydrogen-bond acceptors (Lipinski definition) is 4. The molecule has 0 saturated carbocycles. The van der Waals surface area contributed by atoms with Gasteiger partial charge in [-0.1, -0.05) is 20.8 Å². The fourth-order valence-corrected chi connectivity index (χ4v) is 3.59. The highest BCUT2D eigenvalue weighted by molar-refractivity contribution is 7.91. The molecule has 4 nitrogen and oxygen atoms in total. The first kappa shape index (κ1) is 20.9. The second kappa shape index (κ2) is 8.50.